The van der Waals surface area contributed by atoms with Crippen LogP contribution in [0.15, 0.2) is 47.5 Å². The number of carbonyl (C=O) groups is 3. The average Bonchev–Trinajstić information content (AvgIpc) is 2.80. The second kappa shape index (κ2) is 12.7. The minimum Gasteiger partial charge on any atom is -0.491 e. The van der Waals surface area contributed by atoms with Gasteiger partial charge in [-0.1, -0.05) is 29.8 Å². The molecule has 9 nitrogen and oxygen atoms in total. The van der Waals surface area contributed by atoms with Crippen LogP contribution in [0.5, 0.6) is 5.75 Å². The van der Waals surface area contributed by atoms with E-state index in [1.807, 2.05) is 31.2 Å². The van der Waals surface area contributed by atoms with E-state index in [2.05, 4.69) is 10.3 Å². The number of carboxylic acid groups (broad SMARTS) is 1. The summed E-state index contributed by atoms with van der Waals surface area (Å²) >= 11 is 0. The van der Waals surface area contributed by atoms with E-state index >= 15 is 0 Å². The van der Waals surface area contributed by atoms with Crippen molar-refractivity contribution < 1.29 is 37.4 Å². The third-order valence-corrected chi connectivity index (χ3v) is 4.95. The molecule has 2 aromatic carbocycles. The maximum absolute atomic E-state index is 13.9. The summed E-state index contributed by atoms with van der Waals surface area (Å²) in [4.78, 5) is 40.9. The van der Waals surface area contributed by atoms with Crippen molar-refractivity contribution in [2.45, 2.75) is 46.0 Å². The third kappa shape index (κ3) is 9.13. The highest BCUT2D eigenvalue weighted by Gasteiger charge is 2.34. The first-order chi connectivity index (χ1) is 17.3. The van der Waals surface area contributed by atoms with Gasteiger partial charge < -0.3 is 14.7 Å². The van der Waals surface area contributed by atoms with Gasteiger partial charge in [0.2, 0.25) is 12.4 Å². The zero-order chi connectivity index (χ0) is 27.8. The van der Waals surface area contributed by atoms with E-state index in [0.717, 1.165) is 23.3 Å². The van der Waals surface area contributed by atoms with Gasteiger partial charge in [0.25, 0.3) is 0 Å². The number of aliphatic imine (C=N–C) groups is 1. The summed E-state index contributed by atoms with van der Waals surface area (Å²) in [5.74, 6) is -1.51. The monoisotopic (exact) mass is 522 g/mol. The molecule has 37 heavy (non-hydrogen) atoms. The maximum atomic E-state index is 13.9. The second-order valence-corrected chi connectivity index (χ2v) is 8.49. The molecule has 0 radical (unpaired) electrons. The third-order valence-electron chi connectivity index (χ3n) is 4.95. The summed E-state index contributed by atoms with van der Waals surface area (Å²) in [6, 6.07) is 9.57. The lowest BCUT2D eigenvalue weighted by Gasteiger charge is -2.24. The molecule has 0 heterocycles. The number of ether oxygens (including phenoxy) is 1. The summed E-state index contributed by atoms with van der Waals surface area (Å²) in [6.07, 6.45) is -5.51. The minimum absolute atomic E-state index is 0.000621. The molecule has 0 saturated heterocycles. The van der Waals surface area contributed by atoms with Crippen LogP contribution in [0.25, 0.3) is 0 Å². The molecule has 0 aliphatic heterocycles. The van der Waals surface area contributed by atoms with Gasteiger partial charge in [0.1, 0.15) is 5.75 Å². The predicted molar refractivity (Wildman–Crippen MR) is 131 cm³/mol. The Kier molecular flexibility index (Phi) is 10.0. The topological polar surface area (TPSA) is 112 Å². The number of nitrogens with one attached hydrogen (secondary N) is 1. The molecule has 0 atom stereocenters. The van der Waals surface area contributed by atoms with E-state index in [9.17, 15) is 27.6 Å². The van der Waals surface area contributed by atoms with Gasteiger partial charge in [0, 0.05) is 20.1 Å². The highest BCUT2D eigenvalue weighted by molar-refractivity contribution is 6.00. The van der Waals surface area contributed by atoms with Crippen molar-refractivity contribution >= 4 is 30.1 Å². The molecule has 0 aliphatic carbocycles. The van der Waals surface area contributed by atoms with Crippen LogP contribution in [0.4, 0.5) is 23.7 Å². The van der Waals surface area contributed by atoms with Crippen LogP contribution in [0.1, 0.15) is 37.0 Å². The molecule has 2 N–H and O–H groups in total. The normalized spacial score (nSPS) is 11.7. The molecule has 0 bridgehead atoms. The van der Waals surface area contributed by atoms with Gasteiger partial charge in [-0.25, -0.2) is 9.79 Å². The number of imide groups is 1. The van der Waals surface area contributed by atoms with Crippen molar-refractivity contribution in [3.8, 4) is 5.75 Å². The summed E-state index contributed by atoms with van der Waals surface area (Å²) in [5, 5.41) is 11.2. The zero-order valence-electron chi connectivity index (χ0n) is 20.9. The molecule has 2 aromatic rings. The molecule has 3 amide bonds. The van der Waals surface area contributed by atoms with Crippen molar-refractivity contribution in [1.82, 2.24) is 15.1 Å². The Morgan fingerprint density at radius 2 is 1.81 bits per heavy atom. The molecular weight excluding hydrogens is 493 g/mol. The first-order valence-electron chi connectivity index (χ1n) is 11.3. The number of alkyl halides is 3. The highest BCUT2D eigenvalue weighted by atomic mass is 19.4. The van der Waals surface area contributed by atoms with E-state index in [1.54, 1.807) is 13.8 Å². The fourth-order valence-corrected chi connectivity index (χ4v) is 3.14. The van der Waals surface area contributed by atoms with E-state index in [0.29, 0.717) is 4.90 Å². The van der Waals surface area contributed by atoms with E-state index in [4.69, 9.17) is 9.84 Å². The van der Waals surface area contributed by atoms with Gasteiger partial charge in [-0.05, 0) is 44.5 Å². The van der Waals surface area contributed by atoms with Gasteiger partial charge >= 0.3 is 18.2 Å². The van der Waals surface area contributed by atoms with Crippen molar-refractivity contribution in [2.24, 2.45) is 4.99 Å². The number of nitrogens with zero attached hydrogens (tertiary/aromatic N) is 3. The van der Waals surface area contributed by atoms with Crippen LogP contribution in [-0.4, -0.2) is 59.0 Å². The van der Waals surface area contributed by atoms with Gasteiger partial charge in [-0.2, -0.15) is 13.2 Å². The molecular formula is C25H29F3N4O5. The number of guanidine groups is 1. The summed E-state index contributed by atoms with van der Waals surface area (Å²) < 4.78 is 47.0. The Hall–Kier alpha value is -4.09. The summed E-state index contributed by atoms with van der Waals surface area (Å²) in [6.45, 7) is 4.98. The molecule has 0 fully saturated rings. The standard InChI is InChI=1S/C25H29F3N4O5/c1-16(2)37-19-9-10-21(20(13-19)25(26,27)28)29-23(30-24(36)32(15-33)12-11-22(34)35)31(4)14-18-7-5-17(3)6-8-18/h5-10,13,15-16H,11-12,14H2,1-4H3,(H,34,35)(H,29,30,36). The Morgan fingerprint density at radius 3 is 2.35 bits per heavy atom. The number of benzene rings is 2. The van der Waals surface area contributed by atoms with Crippen LogP contribution < -0.4 is 10.1 Å². The smallest absolute Gasteiger partial charge is 0.418 e. The number of hydrogen-bond donors (Lipinski definition) is 2. The highest BCUT2D eigenvalue weighted by Crippen LogP contribution is 2.39. The SMILES string of the molecule is Cc1ccc(CN(C)C(=Nc2ccc(OC(C)C)cc2C(F)(F)F)NC(=O)N(C=O)CCC(=O)O)cc1. The Bertz CT molecular complexity index is 1130. The van der Waals surface area contributed by atoms with Crippen molar-refractivity contribution in [1.29, 1.82) is 0 Å². The van der Waals surface area contributed by atoms with Crippen LogP contribution in [0, 0.1) is 6.92 Å². The number of aryl methyl sites for hydroxylation is 1. The van der Waals surface area contributed by atoms with Crippen LogP contribution in [-0.2, 0) is 22.3 Å². The summed E-state index contributed by atoms with van der Waals surface area (Å²) in [5.41, 5.74) is 0.217. The van der Waals surface area contributed by atoms with Gasteiger partial charge in [-0.3, -0.25) is 19.8 Å². The molecule has 0 aliphatic rings. The number of carboxylic acids is 1. The number of amides is 3. The molecule has 0 saturated carbocycles. The van der Waals surface area contributed by atoms with Crippen LogP contribution >= 0.6 is 0 Å². The zero-order valence-corrected chi connectivity index (χ0v) is 20.9. The minimum atomic E-state index is -4.78. The van der Waals surface area contributed by atoms with Gasteiger partial charge in [0.05, 0.1) is 23.8 Å². The lowest BCUT2D eigenvalue weighted by Crippen LogP contribution is -2.48. The molecule has 0 unspecified atom stereocenters. The van der Waals surface area contributed by atoms with Crippen molar-refractivity contribution in [3.05, 3.63) is 59.2 Å². The van der Waals surface area contributed by atoms with Crippen LogP contribution in [0.3, 0.4) is 0 Å². The van der Waals surface area contributed by atoms with E-state index < -0.39 is 42.4 Å². The number of aliphatic carboxylic acids is 1. The first kappa shape index (κ1) is 29.1. The lowest BCUT2D eigenvalue weighted by molar-refractivity contribution is -0.138. The Labute approximate surface area is 212 Å². The van der Waals surface area contributed by atoms with Crippen molar-refractivity contribution in [3.63, 3.8) is 0 Å². The maximum Gasteiger partial charge on any atom is 0.418 e. The summed E-state index contributed by atoms with van der Waals surface area (Å²) in [7, 11) is 1.50. The number of hydrogen-bond acceptors (Lipinski definition) is 5. The van der Waals surface area contributed by atoms with Crippen molar-refractivity contribution in [2.75, 3.05) is 13.6 Å². The fourth-order valence-electron chi connectivity index (χ4n) is 3.14. The number of rotatable bonds is 9. The first-order valence-corrected chi connectivity index (χ1v) is 11.3. The largest absolute Gasteiger partial charge is 0.491 e. The van der Waals surface area contributed by atoms with E-state index in [-0.39, 0.29) is 30.8 Å². The molecule has 2 rings (SSSR count). The average molecular weight is 523 g/mol. The number of carbonyl (C=O) groups excluding carboxylic acids is 2. The predicted octanol–water partition coefficient (Wildman–Crippen LogP) is 4.56. The molecule has 200 valence electrons. The Balaban J connectivity index is 2.50. The number of urea groups is 1. The fraction of sp³-hybridized carbons (Fsp3) is 0.360. The van der Waals surface area contributed by atoms with Gasteiger partial charge in [0.15, 0.2) is 0 Å². The Morgan fingerprint density at radius 1 is 1.16 bits per heavy atom. The molecule has 0 spiro atoms. The number of halogens is 3. The van der Waals surface area contributed by atoms with Gasteiger partial charge in [-0.15, -0.1) is 0 Å². The quantitative estimate of drug-likeness (QED) is 0.284. The molecule has 12 heteroatoms. The second-order valence-electron chi connectivity index (χ2n) is 8.49. The lowest BCUT2D eigenvalue weighted by atomic mass is 10.1. The molecule has 0 aromatic heterocycles. The van der Waals surface area contributed by atoms with E-state index in [1.165, 1.54) is 18.0 Å². The van der Waals surface area contributed by atoms with Crippen LogP contribution in [0.2, 0.25) is 0 Å².